The quantitative estimate of drug-likeness (QED) is 0.894. The summed E-state index contributed by atoms with van der Waals surface area (Å²) in [6.45, 7) is 2.19. The fourth-order valence-corrected chi connectivity index (χ4v) is 3.91. The summed E-state index contributed by atoms with van der Waals surface area (Å²) in [6.07, 6.45) is 1.53. The summed E-state index contributed by atoms with van der Waals surface area (Å²) >= 11 is 1.18. The minimum Gasteiger partial charge on any atom is -0.326 e. The molecule has 0 fully saturated rings. The number of hydrogen-bond donors (Lipinski definition) is 2. The maximum atomic E-state index is 12.1. The van der Waals surface area contributed by atoms with Crippen LogP contribution < -0.4 is 10.5 Å². The van der Waals surface area contributed by atoms with Crippen LogP contribution in [0.15, 0.2) is 34.7 Å². The average molecular weight is 283 g/mol. The van der Waals surface area contributed by atoms with Crippen molar-refractivity contribution in [3.8, 4) is 0 Å². The van der Waals surface area contributed by atoms with E-state index in [0.29, 0.717) is 12.4 Å². The molecule has 0 aliphatic rings. The molecule has 0 aromatic carbocycles. The highest BCUT2D eigenvalue weighted by atomic mass is 32.2. The van der Waals surface area contributed by atoms with Crippen LogP contribution in [0.25, 0.3) is 0 Å². The molecule has 2 aromatic rings. The molecule has 18 heavy (non-hydrogen) atoms. The first kappa shape index (κ1) is 13.0. The monoisotopic (exact) mass is 283 g/mol. The Hall–Kier alpha value is -1.44. The lowest BCUT2D eigenvalue weighted by molar-refractivity contribution is 0.603. The zero-order valence-corrected chi connectivity index (χ0v) is 11.4. The molecular formula is C11H13N3O2S2. The number of rotatable bonds is 4. The van der Waals surface area contributed by atoms with Gasteiger partial charge in [0.25, 0.3) is 10.0 Å². The number of pyridine rings is 1. The van der Waals surface area contributed by atoms with Crippen molar-refractivity contribution in [2.24, 2.45) is 5.73 Å². The lowest BCUT2D eigenvalue weighted by atomic mass is 10.3. The zero-order chi connectivity index (χ0) is 13.2. The van der Waals surface area contributed by atoms with Crippen LogP contribution in [0.5, 0.6) is 0 Å². The molecule has 7 heteroatoms. The van der Waals surface area contributed by atoms with Gasteiger partial charge in [-0.3, -0.25) is 4.72 Å². The molecule has 2 heterocycles. The van der Waals surface area contributed by atoms with E-state index in [1.54, 1.807) is 24.3 Å². The summed E-state index contributed by atoms with van der Waals surface area (Å²) in [5.74, 6) is 0.304. The van der Waals surface area contributed by atoms with Gasteiger partial charge < -0.3 is 5.73 Å². The molecule has 0 spiro atoms. The molecule has 0 atom stereocenters. The average Bonchev–Trinajstić information content (AvgIpc) is 2.72. The van der Waals surface area contributed by atoms with Crippen LogP contribution in [0.1, 0.15) is 10.4 Å². The highest BCUT2D eigenvalue weighted by Gasteiger charge is 2.18. The Balaban J connectivity index is 2.31. The van der Waals surface area contributed by atoms with E-state index in [9.17, 15) is 8.42 Å². The molecule has 5 nitrogen and oxygen atoms in total. The van der Waals surface area contributed by atoms with Gasteiger partial charge in [-0.1, -0.05) is 6.07 Å². The lowest BCUT2D eigenvalue weighted by Gasteiger charge is -2.04. The number of aryl methyl sites for hydroxylation is 1. The van der Waals surface area contributed by atoms with E-state index in [1.165, 1.54) is 17.5 Å². The molecule has 3 N–H and O–H groups in total. The summed E-state index contributed by atoms with van der Waals surface area (Å²) in [5.41, 5.74) is 6.44. The molecule has 0 saturated heterocycles. The number of sulfonamides is 1. The van der Waals surface area contributed by atoms with Gasteiger partial charge in [0.05, 0.1) is 0 Å². The van der Waals surface area contributed by atoms with Crippen LogP contribution in [-0.2, 0) is 16.6 Å². The standard InChI is InChI=1S/C11H13N3O2S2/c1-8-6-11(17-9(8)7-12)18(15,16)14-10-4-2-3-5-13-10/h2-6H,7,12H2,1H3,(H,13,14). The normalized spacial score (nSPS) is 11.4. The number of hydrogen-bond acceptors (Lipinski definition) is 5. The smallest absolute Gasteiger partial charge is 0.272 e. The van der Waals surface area contributed by atoms with Crippen molar-refractivity contribution >= 4 is 27.2 Å². The molecule has 0 unspecified atom stereocenters. The van der Waals surface area contributed by atoms with Gasteiger partial charge in [-0.05, 0) is 30.7 Å². The SMILES string of the molecule is Cc1cc(S(=O)(=O)Nc2ccccn2)sc1CN. The number of nitrogens with two attached hydrogens (primary N) is 1. The molecule has 2 rings (SSSR count). The summed E-state index contributed by atoms with van der Waals surface area (Å²) in [6, 6.07) is 6.66. The number of aromatic nitrogens is 1. The van der Waals surface area contributed by atoms with E-state index >= 15 is 0 Å². The first-order valence-corrected chi connectivity index (χ1v) is 7.56. The number of nitrogens with zero attached hydrogens (tertiary/aromatic N) is 1. The summed E-state index contributed by atoms with van der Waals surface area (Å²) in [7, 11) is -3.57. The first-order valence-electron chi connectivity index (χ1n) is 5.26. The Morgan fingerprint density at radius 3 is 2.78 bits per heavy atom. The van der Waals surface area contributed by atoms with Gasteiger partial charge in [-0.25, -0.2) is 13.4 Å². The summed E-state index contributed by atoms with van der Waals surface area (Å²) in [4.78, 5) is 4.80. The van der Waals surface area contributed by atoms with E-state index in [1.807, 2.05) is 6.92 Å². The zero-order valence-electron chi connectivity index (χ0n) is 9.75. The fourth-order valence-electron chi connectivity index (χ4n) is 1.43. The van der Waals surface area contributed by atoms with Crippen LogP contribution >= 0.6 is 11.3 Å². The Bertz CT molecular complexity index is 636. The van der Waals surface area contributed by atoms with Crippen LogP contribution in [-0.4, -0.2) is 13.4 Å². The van der Waals surface area contributed by atoms with Gasteiger partial charge in [0.15, 0.2) is 0 Å². The Morgan fingerprint density at radius 1 is 1.44 bits per heavy atom. The van der Waals surface area contributed by atoms with Crippen molar-refractivity contribution < 1.29 is 8.42 Å². The number of thiophene rings is 1. The highest BCUT2D eigenvalue weighted by Crippen LogP contribution is 2.26. The van der Waals surface area contributed by atoms with E-state index in [0.717, 1.165) is 10.4 Å². The molecule has 0 amide bonds. The molecule has 0 saturated carbocycles. The van der Waals surface area contributed by atoms with Crippen LogP contribution in [0.3, 0.4) is 0 Å². The fraction of sp³-hybridized carbons (Fsp3) is 0.182. The second kappa shape index (κ2) is 5.05. The van der Waals surface area contributed by atoms with Crippen LogP contribution in [0, 0.1) is 6.92 Å². The molecule has 0 bridgehead atoms. The van der Waals surface area contributed by atoms with Crippen molar-refractivity contribution in [3.63, 3.8) is 0 Å². The third-order valence-corrected chi connectivity index (χ3v) is 5.44. The van der Waals surface area contributed by atoms with E-state index in [2.05, 4.69) is 9.71 Å². The van der Waals surface area contributed by atoms with Crippen molar-refractivity contribution in [3.05, 3.63) is 40.9 Å². The first-order chi connectivity index (χ1) is 8.53. The largest absolute Gasteiger partial charge is 0.326 e. The third kappa shape index (κ3) is 2.69. The molecule has 0 aliphatic heterocycles. The maximum absolute atomic E-state index is 12.1. The molecule has 96 valence electrons. The third-order valence-electron chi connectivity index (χ3n) is 2.35. The van der Waals surface area contributed by atoms with Crippen molar-refractivity contribution in [2.75, 3.05) is 4.72 Å². The van der Waals surface area contributed by atoms with Crippen molar-refractivity contribution in [1.29, 1.82) is 0 Å². The Labute approximate surface area is 110 Å². The molecular weight excluding hydrogens is 270 g/mol. The van der Waals surface area contributed by atoms with E-state index in [-0.39, 0.29) is 4.21 Å². The van der Waals surface area contributed by atoms with Gasteiger partial charge in [-0.2, -0.15) is 0 Å². The lowest BCUT2D eigenvalue weighted by Crippen LogP contribution is -2.12. The van der Waals surface area contributed by atoms with E-state index in [4.69, 9.17) is 5.73 Å². The summed E-state index contributed by atoms with van der Waals surface area (Å²) in [5, 5.41) is 0. The predicted octanol–water partition coefficient (Wildman–Crippen LogP) is 1.71. The Kier molecular flexibility index (Phi) is 3.65. The second-order valence-corrected chi connectivity index (χ2v) is 6.74. The van der Waals surface area contributed by atoms with Gasteiger partial charge in [0.2, 0.25) is 0 Å². The van der Waals surface area contributed by atoms with Gasteiger partial charge >= 0.3 is 0 Å². The number of nitrogens with one attached hydrogen (secondary N) is 1. The van der Waals surface area contributed by atoms with Crippen LogP contribution in [0.2, 0.25) is 0 Å². The van der Waals surface area contributed by atoms with Gasteiger partial charge in [-0.15, -0.1) is 11.3 Å². The topological polar surface area (TPSA) is 85.1 Å². The predicted molar refractivity (Wildman–Crippen MR) is 72.0 cm³/mol. The molecule has 2 aromatic heterocycles. The molecule has 0 aliphatic carbocycles. The minimum atomic E-state index is -3.57. The van der Waals surface area contributed by atoms with Gasteiger partial charge in [0.1, 0.15) is 10.0 Å². The molecule has 0 radical (unpaired) electrons. The van der Waals surface area contributed by atoms with Crippen molar-refractivity contribution in [1.82, 2.24) is 4.98 Å². The van der Waals surface area contributed by atoms with E-state index < -0.39 is 10.0 Å². The second-order valence-electron chi connectivity index (χ2n) is 3.70. The minimum absolute atomic E-state index is 0.256. The maximum Gasteiger partial charge on any atom is 0.272 e. The van der Waals surface area contributed by atoms with Crippen LogP contribution in [0.4, 0.5) is 5.82 Å². The van der Waals surface area contributed by atoms with Crippen molar-refractivity contribution in [2.45, 2.75) is 17.7 Å². The summed E-state index contributed by atoms with van der Waals surface area (Å²) < 4.78 is 26.9. The highest BCUT2D eigenvalue weighted by molar-refractivity contribution is 7.94. The Morgan fingerprint density at radius 2 is 2.22 bits per heavy atom. The number of anilines is 1. The van der Waals surface area contributed by atoms with Gasteiger partial charge in [0, 0.05) is 17.6 Å².